The first-order valence-electron chi connectivity index (χ1n) is 5.00. The summed E-state index contributed by atoms with van der Waals surface area (Å²) in [5, 5.41) is 10.6. The van der Waals surface area contributed by atoms with Gasteiger partial charge in [-0.2, -0.15) is 0 Å². The van der Waals surface area contributed by atoms with Crippen molar-refractivity contribution in [2.45, 2.75) is 19.8 Å². The second kappa shape index (κ2) is 5.76. The van der Waals surface area contributed by atoms with Gasteiger partial charge in [-0.15, -0.1) is 0 Å². The summed E-state index contributed by atoms with van der Waals surface area (Å²) in [5.41, 5.74) is 0.590. The molecular weight excluding hydrogens is 206 g/mol. The molecule has 1 rings (SSSR count). The summed E-state index contributed by atoms with van der Waals surface area (Å²) in [4.78, 5) is 10.2. The molecule has 0 atom stereocenters. The number of unbranched alkanes of at least 4 members (excludes halogenated alkanes) is 1. The second-order valence-electron chi connectivity index (χ2n) is 3.19. The Morgan fingerprint density at radius 3 is 2.81 bits per heavy atom. The Labute approximate surface area is 94.4 Å². The molecule has 0 radical (unpaired) electrons. The van der Waals surface area contributed by atoms with E-state index in [-0.39, 0.29) is 5.69 Å². The summed E-state index contributed by atoms with van der Waals surface area (Å²) < 4.78 is 5.09. The molecule has 0 saturated carbocycles. The molecule has 84 valence electrons. The number of hydrogen-bond acceptors (Lipinski definition) is 3. The van der Waals surface area contributed by atoms with Gasteiger partial charge in [0.2, 0.25) is 0 Å². The van der Waals surface area contributed by atoms with Gasteiger partial charge in [-0.3, -0.25) is 10.1 Å². The Morgan fingerprint density at radius 1 is 1.50 bits per heavy atom. The fraction of sp³-hybridized carbons (Fsp3) is 0.333. The predicted molar refractivity (Wildman–Crippen MR) is 61.4 cm³/mol. The summed E-state index contributed by atoms with van der Waals surface area (Å²) >= 11 is 0. The van der Waals surface area contributed by atoms with E-state index in [1.807, 2.05) is 6.92 Å². The van der Waals surface area contributed by atoms with Crippen molar-refractivity contribution in [3.05, 3.63) is 33.9 Å². The van der Waals surface area contributed by atoms with Crippen molar-refractivity contribution in [3.8, 4) is 17.6 Å². The number of nitro groups is 1. The van der Waals surface area contributed by atoms with E-state index in [0.717, 1.165) is 12.8 Å². The Bertz CT molecular complexity index is 443. The number of ether oxygens (including phenoxy) is 1. The quantitative estimate of drug-likeness (QED) is 0.446. The van der Waals surface area contributed by atoms with E-state index in [0.29, 0.717) is 11.3 Å². The van der Waals surface area contributed by atoms with Crippen LogP contribution in [0.25, 0.3) is 0 Å². The lowest BCUT2D eigenvalue weighted by molar-refractivity contribution is -0.384. The van der Waals surface area contributed by atoms with Gasteiger partial charge < -0.3 is 4.74 Å². The average Bonchev–Trinajstić information content (AvgIpc) is 2.29. The normalized spacial score (nSPS) is 9.12. The molecular formula is C12H13NO3. The van der Waals surface area contributed by atoms with Gasteiger partial charge in [0.15, 0.2) is 0 Å². The fourth-order valence-corrected chi connectivity index (χ4v) is 1.19. The van der Waals surface area contributed by atoms with Crippen LogP contribution in [0.15, 0.2) is 18.2 Å². The standard InChI is InChI=1S/C12H13NO3/c1-3-4-5-6-10-9-11(13(14)15)7-8-12(10)16-2/h7-9H,3-4H2,1-2H3. The number of non-ortho nitro benzene ring substituents is 1. The van der Waals surface area contributed by atoms with Crippen molar-refractivity contribution in [1.82, 2.24) is 0 Å². The molecule has 0 saturated heterocycles. The minimum Gasteiger partial charge on any atom is -0.495 e. The van der Waals surface area contributed by atoms with E-state index in [4.69, 9.17) is 4.74 Å². The Morgan fingerprint density at radius 2 is 2.25 bits per heavy atom. The van der Waals surface area contributed by atoms with Crippen molar-refractivity contribution < 1.29 is 9.66 Å². The SMILES string of the molecule is CCCC#Cc1cc([N+](=O)[O-])ccc1OC. The van der Waals surface area contributed by atoms with E-state index in [9.17, 15) is 10.1 Å². The fourth-order valence-electron chi connectivity index (χ4n) is 1.19. The number of benzene rings is 1. The summed E-state index contributed by atoms with van der Waals surface area (Å²) in [5.74, 6) is 6.38. The third-order valence-electron chi connectivity index (χ3n) is 1.99. The minimum absolute atomic E-state index is 0.0293. The van der Waals surface area contributed by atoms with Crippen LogP contribution in [0.2, 0.25) is 0 Å². The van der Waals surface area contributed by atoms with Crippen molar-refractivity contribution in [2.24, 2.45) is 0 Å². The third-order valence-corrected chi connectivity index (χ3v) is 1.99. The number of nitro benzene ring substituents is 1. The van der Waals surface area contributed by atoms with E-state index in [1.165, 1.54) is 19.2 Å². The van der Waals surface area contributed by atoms with E-state index in [2.05, 4.69) is 11.8 Å². The zero-order valence-corrected chi connectivity index (χ0v) is 9.32. The van der Waals surface area contributed by atoms with Gasteiger partial charge in [0, 0.05) is 18.6 Å². The number of hydrogen-bond donors (Lipinski definition) is 0. The molecule has 0 unspecified atom stereocenters. The lowest BCUT2D eigenvalue weighted by Gasteiger charge is -2.02. The number of methoxy groups -OCH3 is 1. The predicted octanol–water partition coefficient (Wildman–Crippen LogP) is 2.76. The van der Waals surface area contributed by atoms with E-state index in [1.54, 1.807) is 6.07 Å². The summed E-state index contributed by atoms with van der Waals surface area (Å²) in [7, 11) is 1.52. The number of nitrogens with zero attached hydrogens (tertiary/aromatic N) is 1. The van der Waals surface area contributed by atoms with E-state index >= 15 is 0 Å². The highest BCUT2D eigenvalue weighted by Gasteiger charge is 2.09. The summed E-state index contributed by atoms with van der Waals surface area (Å²) in [6.07, 6.45) is 1.73. The molecule has 0 aliphatic heterocycles. The van der Waals surface area contributed by atoms with Crippen LogP contribution in [-0.2, 0) is 0 Å². The molecule has 0 fully saturated rings. The van der Waals surface area contributed by atoms with Gasteiger partial charge >= 0.3 is 0 Å². The Balaban J connectivity index is 3.08. The van der Waals surface area contributed by atoms with Crippen LogP contribution in [0.5, 0.6) is 5.75 Å². The highest BCUT2D eigenvalue weighted by Crippen LogP contribution is 2.22. The highest BCUT2D eigenvalue weighted by molar-refractivity contribution is 5.52. The molecule has 16 heavy (non-hydrogen) atoms. The monoisotopic (exact) mass is 219 g/mol. The van der Waals surface area contributed by atoms with Gasteiger partial charge in [0.1, 0.15) is 5.75 Å². The van der Waals surface area contributed by atoms with Crippen LogP contribution in [0.1, 0.15) is 25.3 Å². The molecule has 0 amide bonds. The zero-order chi connectivity index (χ0) is 12.0. The summed E-state index contributed by atoms with van der Waals surface area (Å²) in [6.45, 7) is 2.03. The van der Waals surface area contributed by atoms with Crippen molar-refractivity contribution >= 4 is 5.69 Å². The van der Waals surface area contributed by atoms with Gasteiger partial charge in [0.25, 0.3) is 5.69 Å². The molecule has 1 aromatic carbocycles. The van der Waals surface area contributed by atoms with Crippen molar-refractivity contribution in [2.75, 3.05) is 7.11 Å². The van der Waals surface area contributed by atoms with Crippen molar-refractivity contribution in [3.63, 3.8) is 0 Å². The molecule has 0 aromatic heterocycles. The molecule has 0 bridgehead atoms. The molecule has 0 aliphatic carbocycles. The van der Waals surface area contributed by atoms with Gasteiger partial charge in [-0.1, -0.05) is 18.8 Å². The van der Waals surface area contributed by atoms with Crippen LogP contribution in [0.4, 0.5) is 5.69 Å². The number of rotatable bonds is 3. The van der Waals surface area contributed by atoms with Crippen LogP contribution < -0.4 is 4.74 Å². The first-order chi connectivity index (χ1) is 7.69. The van der Waals surface area contributed by atoms with Gasteiger partial charge in [0.05, 0.1) is 17.6 Å². The maximum absolute atomic E-state index is 10.6. The topological polar surface area (TPSA) is 52.4 Å². The van der Waals surface area contributed by atoms with Crippen LogP contribution in [-0.4, -0.2) is 12.0 Å². The molecule has 0 spiro atoms. The molecule has 1 aromatic rings. The van der Waals surface area contributed by atoms with Crippen molar-refractivity contribution in [1.29, 1.82) is 0 Å². The summed E-state index contributed by atoms with van der Waals surface area (Å²) in [6, 6.07) is 4.40. The first kappa shape index (κ1) is 12.1. The Hall–Kier alpha value is -2.02. The highest BCUT2D eigenvalue weighted by atomic mass is 16.6. The molecule has 4 heteroatoms. The maximum Gasteiger partial charge on any atom is 0.270 e. The lowest BCUT2D eigenvalue weighted by atomic mass is 10.1. The third kappa shape index (κ3) is 2.99. The zero-order valence-electron chi connectivity index (χ0n) is 9.32. The smallest absolute Gasteiger partial charge is 0.270 e. The van der Waals surface area contributed by atoms with Gasteiger partial charge in [-0.25, -0.2) is 0 Å². The largest absolute Gasteiger partial charge is 0.495 e. The molecule has 0 heterocycles. The second-order valence-corrected chi connectivity index (χ2v) is 3.19. The average molecular weight is 219 g/mol. The molecule has 0 N–H and O–H groups in total. The van der Waals surface area contributed by atoms with Crippen LogP contribution >= 0.6 is 0 Å². The molecule has 4 nitrogen and oxygen atoms in total. The van der Waals surface area contributed by atoms with Crippen LogP contribution in [0.3, 0.4) is 0 Å². The van der Waals surface area contributed by atoms with Crippen LogP contribution in [0, 0.1) is 22.0 Å². The first-order valence-corrected chi connectivity index (χ1v) is 5.00. The lowest BCUT2D eigenvalue weighted by Crippen LogP contribution is -1.92. The van der Waals surface area contributed by atoms with E-state index < -0.39 is 4.92 Å². The van der Waals surface area contributed by atoms with Gasteiger partial charge in [-0.05, 0) is 12.5 Å². The molecule has 0 aliphatic rings. The minimum atomic E-state index is -0.440. The Kier molecular flexibility index (Phi) is 4.34. The maximum atomic E-state index is 10.6.